The van der Waals surface area contributed by atoms with Gasteiger partial charge in [0.25, 0.3) is 0 Å². The minimum Gasteiger partial charge on any atom is -0.393 e. The van der Waals surface area contributed by atoms with E-state index in [-0.39, 0.29) is 37.6 Å². The third kappa shape index (κ3) is 12.3. The predicted molar refractivity (Wildman–Crippen MR) is 185 cm³/mol. The summed E-state index contributed by atoms with van der Waals surface area (Å²) < 4.78 is 20.3. The average Bonchev–Trinajstić information content (AvgIpc) is 3.56. The maximum Gasteiger partial charge on any atom is 0.228 e. The Hall–Kier alpha value is -2.09. The number of rotatable bonds is 20. The monoisotopic (exact) mass is 713 g/mol. The summed E-state index contributed by atoms with van der Waals surface area (Å²) in [6, 6.07) is -0.726. The smallest absolute Gasteiger partial charge is 0.228 e. The van der Waals surface area contributed by atoms with Crippen LogP contribution in [0, 0.1) is 17.8 Å². The highest BCUT2D eigenvalue weighted by molar-refractivity contribution is 5.80. The van der Waals surface area contributed by atoms with Crippen molar-refractivity contribution in [3.63, 3.8) is 0 Å². The van der Waals surface area contributed by atoms with Crippen molar-refractivity contribution in [2.24, 2.45) is 29.2 Å². The Morgan fingerprint density at radius 3 is 2.40 bits per heavy atom. The molecular weight excluding hydrogens is 650 g/mol. The van der Waals surface area contributed by atoms with E-state index in [4.69, 9.17) is 25.7 Å². The van der Waals surface area contributed by atoms with Gasteiger partial charge in [-0.3, -0.25) is 14.4 Å². The molecule has 0 bridgehead atoms. The maximum absolute atomic E-state index is 13.6. The molecule has 10 N–H and O–H groups in total. The van der Waals surface area contributed by atoms with Crippen molar-refractivity contribution in [1.82, 2.24) is 25.0 Å². The molecule has 16 heteroatoms. The molecule has 3 heterocycles. The van der Waals surface area contributed by atoms with Crippen molar-refractivity contribution in [3.05, 3.63) is 24.8 Å². The van der Waals surface area contributed by atoms with Crippen LogP contribution in [0.25, 0.3) is 0 Å². The van der Waals surface area contributed by atoms with E-state index in [1.165, 1.54) is 12.7 Å². The highest BCUT2D eigenvalue weighted by Crippen LogP contribution is 2.38. The van der Waals surface area contributed by atoms with Crippen LogP contribution in [-0.4, -0.2) is 145 Å². The first-order valence-corrected chi connectivity index (χ1v) is 18.1. The second-order valence-corrected chi connectivity index (χ2v) is 14.4. The molecule has 0 spiro atoms. The SMILES string of the molecule is CC(C)/C=C/[C@@H](CC1O[C@](O)(C[C@@H](O)C(C)C)C[C@H](O)[C@H]1C(=O)NCCn1cncn1)OC1OC(C)C(O)C(N(CCCN)CCCN)C1O. The lowest BCUT2D eigenvalue weighted by Gasteiger charge is -2.48. The Bertz CT molecular complexity index is 1140. The van der Waals surface area contributed by atoms with Gasteiger partial charge in [0.15, 0.2) is 12.1 Å². The van der Waals surface area contributed by atoms with E-state index in [1.54, 1.807) is 17.7 Å². The molecule has 6 unspecified atom stereocenters. The van der Waals surface area contributed by atoms with Crippen LogP contribution in [-0.2, 0) is 25.5 Å². The Kier molecular flexibility index (Phi) is 17.1. The number of aliphatic hydroxyl groups is 5. The molecule has 1 aromatic heterocycles. The second-order valence-electron chi connectivity index (χ2n) is 14.4. The Labute approximate surface area is 296 Å². The lowest BCUT2D eigenvalue weighted by molar-refractivity contribution is -0.311. The third-order valence-electron chi connectivity index (χ3n) is 9.43. The van der Waals surface area contributed by atoms with E-state index >= 15 is 0 Å². The molecule has 3 rings (SSSR count). The highest BCUT2D eigenvalue weighted by atomic mass is 16.7. The number of nitrogens with one attached hydrogen (secondary N) is 1. The minimum atomic E-state index is -1.92. The fourth-order valence-electron chi connectivity index (χ4n) is 6.58. The Balaban J connectivity index is 1.90. The quantitative estimate of drug-likeness (QED) is 0.0763. The van der Waals surface area contributed by atoms with Gasteiger partial charge < -0.3 is 56.5 Å². The molecule has 2 fully saturated rings. The molecule has 2 aliphatic rings. The van der Waals surface area contributed by atoms with Crippen molar-refractivity contribution < 1.29 is 44.5 Å². The van der Waals surface area contributed by atoms with Gasteiger partial charge in [-0.25, -0.2) is 4.98 Å². The van der Waals surface area contributed by atoms with E-state index in [1.807, 2.05) is 38.7 Å². The van der Waals surface area contributed by atoms with Crippen LogP contribution >= 0.6 is 0 Å². The molecule has 0 radical (unpaired) electrons. The highest BCUT2D eigenvalue weighted by Gasteiger charge is 2.51. The summed E-state index contributed by atoms with van der Waals surface area (Å²) in [6.07, 6.45) is -0.831. The molecule has 0 aliphatic carbocycles. The van der Waals surface area contributed by atoms with E-state index in [0.29, 0.717) is 45.6 Å². The summed E-state index contributed by atoms with van der Waals surface area (Å²) in [5.41, 5.74) is 11.6. The largest absolute Gasteiger partial charge is 0.393 e. The number of aromatic nitrogens is 3. The molecule has 2 aliphatic heterocycles. The van der Waals surface area contributed by atoms with Crippen molar-refractivity contribution in [2.45, 2.75) is 134 Å². The standard InChI is InChI=1S/C34H63N7O9/c1-21(2)8-9-24(49-33-31(45)29(30(44)23(5)48-33)40(13-6-10-35)14-7-11-36)16-27-28(32(46)38-12-15-41-20-37-19-39-41)26(43)18-34(47,50-27)17-25(42)22(3)4/h8-9,19-31,33,42-45,47H,6-7,10-18,35-36H2,1-5H3,(H,38,46)/b9-8+/t23?,24-,25+,26-,27?,28+,29?,30?,31?,33?,34+/m0/s1. The summed E-state index contributed by atoms with van der Waals surface area (Å²) in [6.45, 7) is 11.8. The number of carbonyl (C=O) groups is 1. The van der Waals surface area contributed by atoms with Gasteiger partial charge in [-0.2, -0.15) is 5.10 Å². The zero-order chi connectivity index (χ0) is 37.0. The number of nitrogens with zero attached hydrogens (tertiary/aromatic N) is 4. The number of hydrogen-bond acceptors (Lipinski definition) is 14. The van der Waals surface area contributed by atoms with Crippen molar-refractivity contribution in [1.29, 1.82) is 0 Å². The fraction of sp³-hybridized carbons (Fsp3) is 0.853. The lowest BCUT2D eigenvalue weighted by atomic mass is 9.81. The molecule has 0 saturated carbocycles. The number of aliphatic hydroxyl groups excluding tert-OH is 4. The Morgan fingerprint density at radius 2 is 1.82 bits per heavy atom. The summed E-state index contributed by atoms with van der Waals surface area (Å²) in [4.78, 5) is 19.5. The van der Waals surface area contributed by atoms with Gasteiger partial charge in [0.05, 0.1) is 55.1 Å². The average molecular weight is 714 g/mol. The van der Waals surface area contributed by atoms with E-state index in [2.05, 4.69) is 15.4 Å². The van der Waals surface area contributed by atoms with Gasteiger partial charge in [0, 0.05) is 25.8 Å². The number of allylic oxidation sites excluding steroid dienone is 1. The summed E-state index contributed by atoms with van der Waals surface area (Å²) in [5, 5.41) is 63.3. The first-order chi connectivity index (χ1) is 23.7. The summed E-state index contributed by atoms with van der Waals surface area (Å²) >= 11 is 0. The van der Waals surface area contributed by atoms with Gasteiger partial charge in [-0.15, -0.1) is 0 Å². The normalized spacial score (nSPS) is 31.9. The molecule has 1 aromatic rings. The van der Waals surface area contributed by atoms with Gasteiger partial charge in [0.2, 0.25) is 5.91 Å². The number of hydrogen-bond donors (Lipinski definition) is 8. The maximum atomic E-state index is 13.6. The van der Waals surface area contributed by atoms with Gasteiger partial charge in [-0.1, -0.05) is 39.8 Å². The van der Waals surface area contributed by atoms with Crippen molar-refractivity contribution >= 4 is 5.91 Å². The van der Waals surface area contributed by atoms with Crippen LogP contribution in [0.5, 0.6) is 0 Å². The molecular formula is C34H63N7O9. The molecule has 16 nitrogen and oxygen atoms in total. The van der Waals surface area contributed by atoms with Crippen molar-refractivity contribution in [3.8, 4) is 0 Å². The van der Waals surface area contributed by atoms with Gasteiger partial charge >= 0.3 is 0 Å². The van der Waals surface area contributed by atoms with E-state index in [9.17, 15) is 30.3 Å². The zero-order valence-corrected chi connectivity index (χ0v) is 30.3. The van der Waals surface area contributed by atoms with Crippen molar-refractivity contribution in [2.75, 3.05) is 32.7 Å². The Morgan fingerprint density at radius 1 is 1.14 bits per heavy atom. The molecule has 1 amide bonds. The lowest BCUT2D eigenvalue weighted by Crippen LogP contribution is -2.64. The van der Waals surface area contributed by atoms with Crippen LogP contribution in [0.2, 0.25) is 0 Å². The van der Waals surface area contributed by atoms with Gasteiger partial charge in [0.1, 0.15) is 18.8 Å². The van der Waals surface area contributed by atoms with Crippen LogP contribution in [0.3, 0.4) is 0 Å². The number of carbonyl (C=O) groups excluding carboxylic acids is 1. The minimum absolute atomic E-state index is 0.0141. The number of ether oxygens (including phenoxy) is 3. The van der Waals surface area contributed by atoms with Crippen LogP contribution in [0.15, 0.2) is 24.8 Å². The second kappa shape index (κ2) is 20.2. The molecule has 2 saturated heterocycles. The zero-order valence-electron chi connectivity index (χ0n) is 30.3. The summed E-state index contributed by atoms with van der Waals surface area (Å²) in [5.74, 6) is -3.59. The predicted octanol–water partition coefficient (Wildman–Crippen LogP) is -0.922. The summed E-state index contributed by atoms with van der Waals surface area (Å²) in [7, 11) is 0. The molecule has 0 aromatic carbocycles. The topological polar surface area (TPSA) is 244 Å². The van der Waals surface area contributed by atoms with Gasteiger partial charge in [-0.05, 0) is 57.8 Å². The van der Waals surface area contributed by atoms with E-state index < -0.39 is 72.7 Å². The van der Waals surface area contributed by atoms with Crippen LogP contribution in [0.1, 0.15) is 66.7 Å². The molecule has 288 valence electrons. The molecule has 50 heavy (non-hydrogen) atoms. The third-order valence-corrected chi connectivity index (χ3v) is 9.43. The van der Waals surface area contributed by atoms with Crippen LogP contribution < -0.4 is 16.8 Å². The first kappa shape index (κ1) is 42.3. The number of amides is 1. The first-order valence-electron chi connectivity index (χ1n) is 18.1. The number of nitrogens with two attached hydrogens (primary N) is 2. The fourth-order valence-corrected chi connectivity index (χ4v) is 6.58. The van der Waals surface area contributed by atoms with E-state index in [0.717, 1.165) is 0 Å². The molecule has 11 atom stereocenters. The van der Waals surface area contributed by atoms with Crippen LogP contribution in [0.4, 0.5) is 0 Å².